The fraction of sp³-hybridized carbons (Fsp3) is 0.500. The van der Waals surface area contributed by atoms with Crippen LogP contribution >= 0.6 is 12.2 Å². The summed E-state index contributed by atoms with van der Waals surface area (Å²) in [4.78, 5) is 0.286. The van der Waals surface area contributed by atoms with Gasteiger partial charge in [-0.25, -0.2) is 13.1 Å². The van der Waals surface area contributed by atoms with Crippen LogP contribution in [0.2, 0.25) is 0 Å². The quantitative estimate of drug-likeness (QED) is 0.721. The van der Waals surface area contributed by atoms with Crippen LogP contribution < -0.4 is 10.5 Å². The van der Waals surface area contributed by atoms with Gasteiger partial charge in [-0.15, -0.1) is 0 Å². The lowest BCUT2D eigenvalue weighted by molar-refractivity contribution is 0.585. The number of nitrogens with one attached hydrogen (secondary N) is 1. The topological polar surface area (TPSA) is 90.0 Å². The molecule has 0 aliphatic carbocycles. The Hall–Kier alpha value is -0.990. The molecule has 1 aromatic rings. The summed E-state index contributed by atoms with van der Waals surface area (Å²) in [6.07, 6.45) is 0. The van der Waals surface area contributed by atoms with E-state index >= 15 is 0 Å². The van der Waals surface area contributed by atoms with Crippen molar-refractivity contribution in [2.45, 2.75) is 18.7 Å². The van der Waals surface area contributed by atoms with E-state index in [1.807, 2.05) is 0 Å². The van der Waals surface area contributed by atoms with Gasteiger partial charge in [-0.1, -0.05) is 12.2 Å². The lowest BCUT2D eigenvalue weighted by atomic mass is 10.4. The van der Waals surface area contributed by atoms with E-state index in [2.05, 4.69) is 22.0 Å². The first-order chi connectivity index (χ1) is 7.25. The van der Waals surface area contributed by atoms with Gasteiger partial charge in [0.2, 0.25) is 10.0 Å². The Balaban J connectivity index is 3.12. The van der Waals surface area contributed by atoms with Gasteiger partial charge in [0.15, 0.2) is 0 Å². The molecule has 0 fully saturated rings. The monoisotopic (exact) mass is 262 g/mol. The van der Waals surface area contributed by atoms with Gasteiger partial charge in [0.05, 0.1) is 22.9 Å². The minimum absolute atomic E-state index is 0.0502. The fourth-order valence-electron chi connectivity index (χ4n) is 1.38. The van der Waals surface area contributed by atoms with Gasteiger partial charge in [-0.05, 0) is 13.8 Å². The van der Waals surface area contributed by atoms with E-state index in [1.165, 1.54) is 4.68 Å². The average molecular weight is 262 g/mol. The standard InChI is InChI=1S/C8H14N4O2S2/c1-5-8(6(2)12(3)11-5)16(13,14)10-4-7(9)15/h10H,4H2,1-3H3,(H2,9,15). The molecule has 0 bridgehead atoms. The molecule has 8 heteroatoms. The van der Waals surface area contributed by atoms with Crippen molar-refractivity contribution in [2.75, 3.05) is 6.54 Å². The van der Waals surface area contributed by atoms with E-state index in [9.17, 15) is 8.42 Å². The Morgan fingerprint density at radius 2 is 2.12 bits per heavy atom. The van der Waals surface area contributed by atoms with Crippen LogP contribution in [0.3, 0.4) is 0 Å². The molecule has 0 unspecified atom stereocenters. The van der Waals surface area contributed by atoms with E-state index < -0.39 is 10.0 Å². The molecule has 3 N–H and O–H groups in total. The predicted octanol–water partition coefficient (Wildman–Crippen LogP) is -0.399. The Morgan fingerprint density at radius 1 is 1.56 bits per heavy atom. The molecule has 0 spiro atoms. The molecule has 6 nitrogen and oxygen atoms in total. The van der Waals surface area contributed by atoms with Crippen molar-refractivity contribution in [2.24, 2.45) is 12.8 Å². The maximum Gasteiger partial charge on any atom is 0.244 e. The van der Waals surface area contributed by atoms with Crippen LogP contribution in [0, 0.1) is 13.8 Å². The van der Waals surface area contributed by atoms with Gasteiger partial charge in [0, 0.05) is 7.05 Å². The molecule has 0 aromatic carbocycles. The number of nitrogens with two attached hydrogens (primary N) is 1. The minimum atomic E-state index is -3.60. The zero-order chi connectivity index (χ0) is 12.5. The molecular weight excluding hydrogens is 248 g/mol. The van der Waals surface area contributed by atoms with Crippen molar-refractivity contribution in [1.29, 1.82) is 0 Å². The highest BCUT2D eigenvalue weighted by Crippen LogP contribution is 2.17. The Kier molecular flexibility index (Phi) is 3.66. The molecule has 0 aliphatic heterocycles. The van der Waals surface area contributed by atoms with Crippen LogP contribution in [0.25, 0.3) is 0 Å². The van der Waals surface area contributed by atoms with Crippen LogP contribution in [0.5, 0.6) is 0 Å². The molecule has 1 aromatic heterocycles. The first-order valence-corrected chi connectivity index (χ1v) is 6.43. The average Bonchev–Trinajstić information content (AvgIpc) is 2.38. The molecule has 0 aliphatic rings. The second kappa shape index (κ2) is 4.48. The maximum absolute atomic E-state index is 11.9. The second-order valence-corrected chi connectivity index (χ2v) is 5.64. The highest BCUT2D eigenvalue weighted by Gasteiger charge is 2.23. The number of nitrogens with zero attached hydrogens (tertiary/aromatic N) is 2. The van der Waals surface area contributed by atoms with Crippen LogP contribution in [0.1, 0.15) is 11.4 Å². The molecule has 0 saturated heterocycles. The summed E-state index contributed by atoms with van der Waals surface area (Å²) in [5.41, 5.74) is 6.27. The molecule has 16 heavy (non-hydrogen) atoms. The fourth-order valence-corrected chi connectivity index (χ4v) is 2.99. The van der Waals surface area contributed by atoms with Crippen molar-refractivity contribution in [3.8, 4) is 0 Å². The Labute approximate surface area is 99.9 Å². The molecule has 0 radical (unpaired) electrons. The van der Waals surface area contributed by atoms with Crippen molar-refractivity contribution >= 4 is 27.2 Å². The largest absolute Gasteiger partial charge is 0.392 e. The minimum Gasteiger partial charge on any atom is -0.392 e. The number of aryl methyl sites for hydroxylation is 2. The normalized spacial score (nSPS) is 11.7. The number of rotatable bonds is 4. The van der Waals surface area contributed by atoms with Crippen LogP contribution in [-0.2, 0) is 17.1 Å². The summed E-state index contributed by atoms with van der Waals surface area (Å²) < 4.78 is 27.7. The van der Waals surface area contributed by atoms with Gasteiger partial charge in [-0.3, -0.25) is 4.68 Å². The number of thiocarbonyl (C=S) groups is 1. The van der Waals surface area contributed by atoms with Gasteiger partial charge >= 0.3 is 0 Å². The lowest BCUT2D eigenvalue weighted by Gasteiger charge is -2.05. The summed E-state index contributed by atoms with van der Waals surface area (Å²) in [6.45, 7) is 3.28. The Morgan fingerprint density at radius 3 is 2.50 bits per heavy atom. The van der Waals surface area contributed by atoms with Crippen molar-refractivity contribution in [3.05, 3.63) is 11.4 Å². The highest BCUT2D eigenvalue weighted by atomic mass is 32.2. The van der Waals surface area contributed by atoms with Crippen molar-refractivity contribution < 1.29 is 8.42 Å². The van der Waals surface area contributed by atoms with Crippen LogP contribution in [0.15, 0.2) is 4.90 Å². The smallest absolute Gasteiger partial charge is 0.244 e. The number of aromatic nitrogens is 2. The molecule has 0 amide bonds. The van der Waals surface area contributed by atoms with E-state index in [0.717, 1.165) is 0 Å². The third kappa shape index (κ3) is 2.57. The van der Waals surface area contributed by atoms with Crippen LogP contribution in [-0.4, -0.2) is 29.7 Å². The summed E-state index contributed by atoms with van der Waals surface area (Å²) >= 11 is 4.61. The summed E-state index contributed by atoms with van der Waals surface area (Å²) in [5, 5.41) is 4.04. The zero-order valence-corrected chi connectivity index (χ0v) is 10.9. The SMILES string of the molecule is Cc1nn(C)c(C)c1S(=O)(=O)NCC(N)=S. The lowest BCUT2D eigenvalue weighted by Crippen LogP contribution is -2.32. The van der Waals surface area contributed by atoms with E-state index in [1.54, 1.807) is 20.9 Å². The molecule has 90 valence electrons. The highest BCUT2D eigenvalue weighted by molar-refractivity contribution is 7.89. The summed E-state index contributed by atoms with van der Waals surface area (Å²) in [5.74, 6) is 0. The Bertz CT molecular complexity index is 518. The van der Waals surface area contributed by atoms with Gasteiger partial charge < -0.3 is 5.73 Å². The first kappa shape index (κ1) is 13.1. The zero-order valence-electron chi connectivity index (χ0n) is 9.31. The van der Waals surface area contributed by atoms with Gasteiger partial charge in [0.25, 0.3) is 0 Å². The van der Waals surface area contributed by atoms with E-state index in [4.69, 9.17) is 5.73 Å². The van der Waals surface area contributed by atoms with E-state index in [0.29, 0.717) is 11.4 Å². The van der Waals surface area contributed by atoms with Gasteiger partial charge in [0.1, 0.15) is 4.90 Å². The molecule has 0 atom stereocenters. The first-order valence-electron chi connectivity index (χ1n) is 4.54. The van der Waals surface area contributed by atoms with Gasteiger partial charge in [-0.2, -0.15) is 5.10 Å². The molecule has 1 rings (SSSR count). The third-order valence-electron chi connectivity index (χ3n) is 2.15. The second-order valence-electron chi connectivity index (χ2n) is 3.41. The predicted molar refractivity (Wildman–Crippen MR) is 64.7 cm³/mol. The number of hydrogen-bond donors (Lipinski definition) is 2. The summed E-state index contributed by atoms with van der Waals surface area (Å²) in [6, 6.07) is 0. The molecule has 0 saturated carbocycles. The molecular formula is C8H14N4O2S2. The number of sulfonamides is 1. The van der Waals surface area contributed by atoms with Crippen LogP contribution in [0.4, 0.5) is 0 Å². The molecule has 1 heterocycles. The van der Waals surface area contributed by atoms with E-state index in [-0.39, 0.29) is 16.4 Å². The van der Waals surface area contributed by atoms with Crippen molar-refractivity contribution in [3.63, 3.8) is 0 Å². The maximum atomic E-state index is 11.9. The summed E-state index contributed by atoms with van der Waals surface area (Å²) in [7, 11) is -1.91. The number of hydrogen-bond acceptors (Lipinski definition) is 4. The third-order valence-corrected chi connectivity index (χ3v) is 3.94. The van der Waals surface area contributed by atoms with Crippen molar-refractivity contribution in [1.82, 2.24) is 14.5 Å².